The number of piperazine rings is 1. The van der Waals surface area contributed by atoms with Crippen LogP contribution in [0.5, 0.6) is 0 Å². The van der Waals surface area contributed by atoms with Gasteiger partial charge in [-0.15, -0.1) is 11.3 Å². The maximum Gasteiger partial charge on any atom is 0.247 e. The summed E-state index contributed by atoms with van der Waals surface area (Å²) >= 11 is 1.79. The van der Waals surface area contributed by atoms with E-state index in [2.05, 4.69) is 27.5 Å². The summed E-state index contributed by atoms with van der Waals surface area (Å²) in [6.45, 7) is 6.39. The quantitative estimate of drug-likeness (QED) is 0.865. The maximum atomic E-state index is 12.5. The van der Waals surface area contributed by atoms with Crippen molar-refractivity contribution in [1.82, 2.24) is 19.6 Å². The smallest absolute Gasteiger partial charge is 0.247 e. The van der Waals surface area contributed by atoms with Crippen LogP contribution >= 0.6 is 11.3 Å². The van der Waals surface area contributed by atoms with Crippen molar-refractivity contribution < 1.29 is 4.79 Å². The van der Waals surface area contributed by atoms with Gasteiger partial charge in [-0.25, -0.2) is 0 Å². The van der Waals surface area contributed by atoms with Gasteiger partial charge in [-0.2, -0.15) is 5.10 Å². The summed E-state index contributed by atoms with van der Waals surface area (Å²) < 4.78 is 1.72. The molecule has 0 bridgehead atoms. The first-order chi connectivity index (χ1) is 10.2. The molecule has 0 N–H and O–H groups in total. The Hall–Kier alpha value is -1.66. The molecule has 2 aromatic rings. The van der Waals surface area contributed by atoms with Gasteiger partial charge in [-0.1, -0.05) is 6.07 Å². The van der Waals surface area contributed by atoms with Crippen molar-refractivity contribution in [2.45, 2.75) is 19.5 Å². The first-order valence-corrected chi connectivity index (χ1v) is 8.14. The number of carbonyl (C=O) groups excluding carboxylic acids is 1. The standard InChI is InChI=1S/C15H20N4OS/c1-13(19-6-3-5-16-19)15(20)18-9-7-17(8-10-18)12-14-4-2-11-21-14/h2-6,11,13H,7-10,12H2,1H3/t13-/m1/s1. The molecule has 3 heterocycles. The van der Waals surface area contributed by atoms with Crippen LogP contribution in [0.15, 0.2) is 36.0 Å². The predicted molar refractivity (Wildman–Crippen MR) is 83.1 cm³/mol. The van der Waals surface area contributed by atoms with Gasteiger partial charge in [0, 0.05) is 50.0 Å². The normalized spacial score (nSPS) is 17.9. The highest BCUT2D eigenvalue weighted by Gasteiger charge is 2.25. The number of rotatable bonds is 4. The molecule has 6 heteroatoms. The van der Waals surface area contributed by atoms with E-state index >= 15 is 0 Å². The summed E-state index contributed by atoms with van der Waals surface area (Å²) in [5, 5.41) is 6.27. The van der Waals surface area contributed by atoms with Crippen molar-refractivity contribution in [2.75, 3.05) is 26.2 Å². The minimum absolute atomic E-state index is 0.162. The summed E-state index contributed by atoms with van der Waals surface area (Å²) in [5.74, 6) is 0.162. The summed E-state index contributed by atoms with van der Waals surface area (Å²) in [4.78, 5) is 18.2. The molecule has 112 valence electrons. The van der Waals surface area contributed by atoms with Gasteiger partial charge in [0.1, 0.15) is 6.04 Å². The number of aromatic nitrogens is 2. The zero-order chi connectivity index (χ0) is 14.7. The zero-order valence-corrected chi connectivity index (χ0v) is 13.0. The molecule has 0 spiro atoms. The number of thiophene rings is 1. The van der Waals surface area contributed by atoms with Crippen LogP contribution in [0.4, 0.5) is 0 Å². The molecule has 1 atom stereocenters. The lowest BCUT2D eigenvalue weighted by Crippen LogP contribution is -2.49. The van der Waals surface area contributed by atoms with Crippen LogP contribution in [-0.2, 0) is 11.3 Å². The van der Waals surface area contributed by atoms with E-state index in [-0.39, 0.29) is 11.9 Å². The summed E-state index contributed by atoms with van der Waals surface area (Å²) in [7, 11) is 0. The van der Waals surface area contributed by atoms with Crippen LogP contribution in [0.1, 0.15) is 17.8 Å². The van der Waals surface area contributed by atoms with Crippen molar-refractivity contribution in [2.24, 2.45) is 0 Å². The number of carbonyl (C=O) groups is 1. The highest BCUT2D eigenvalue weighted by Crippen LogP contribution is 2.15. The van der Waals surface area contributed by atoms with Gasteiger partial charge >= 0.3 is 0 Å². The summed E-state index contributed by atoms with van der Waals surface area (Å²) in [5.41, 5.74) is 0. The van der Waals surface area contributed by atoms with Gasteiger partial charge in [0.15, 0.2) is 0 Å². The minimum Gasteiger partial charge on any atom is -0.338 e. The Morgan fingerprint density at radius 2 is 2.14 bits per heavy atom. The largest absolute Gasteiger partial charge is 0.338 e. The first-order valence-electron chi connectivity index (χ1n) is 7.26. The van der Waals surface area contributed by atoms with Gasteiger partial charge in [0.25, 0.3) is 0 Å². The van der Waals surface area contributed by atoms with Crippen molar-refractivity contribution in [3.05, 3.63) is 40.8 Å². The fourth-order valence-corrected chi connectivity index (χ4v) is 3.38. The minimum atomic E-state index is -0.219. The molecule has 0 aromatic carbocycles. The fraction of sp³-hybridized carbons (Fsp3) is 0.467. The van der Waals surface area contributed by atoms with Crippen molar-refractivity contribution in [3.8, 4) is 0 Å². The number of hydrogen-bond acceptors (Lipinski definition) is 4. The first kappa shape index (κ1) is 14.3. The molecule has 0 unspecified atom stereocenters. The van der Waals surface area contributed by atoms with Crippen molar-refractivity contribution in [3.63, 3.8) is 0 Å². The second-order valence-electron chi connectivity index (χ2n) is 5.34. The molecular formula is C15H20N4OS. The number of amides is 1. The van der Waals surface area contributed by atoms with Gasteiger partial charge in [-0.05, 0) is 24.4 Å². The van der Waals surface area contributed by atoms with Gasteiger partial charge in [0.05, 0.1) is 0 Å². The zero-order valence-electron chi connectivity index (χ0n) is 12.2. The lowest BCUT2D eigenvalue weighted by Gasteiger charge is -2.35. The Kier molecular flexibility index (Phi) is 4.36. The second kappa shape index (κ2) is 6.41. The average Bonchev–Trinajstić information content (AvgIpc) is 3.20. The highest BCUT2D eigenvalue weighted by atomic mass is 32.1. The third-order valence-electron chi connectivity index (χ3n) is 3.92. The Morgan fingerprint density at radius 1 is 1.33 bits per heavy atom. The monoisotopic (exact) mass is 304 g/mol. The SMILES string of the molecule is C[C@H](C(=O)N1CCN(Cc2cccs2)CC1)n1cccn1. The number of nitrogens with zero attached hydrogens (tertiary/aromatic N) is 4. The van der Waals surface area contributed by atoms with E-state index in [1.165, 1.54) is 4.88 Å². The fourth-order valence-electron chi connectivity index (χ4n) is 2.64. The number of hydrogen-bond donors (Lipinski definition) is 0. The van der Waals surface area contributed by atoms with E-state index in [0.717, 1.165) is 32.7 Å². The molecule has 1 fully saturated rings. The van der Waals surface area contributed by atoms with Gasteiger partial charge in [-0.3, -0.25) is 14.4 Å². The molecule has 1 aliphatic heterocycles. The Morgan fingerprint density at radius 3 is 2.76 bits per heavy atom. The molecule has 1 aliphatic rings. The van der Waals surface area contributed by atoms with Crippen LogP contribution in [0.3, 0.4) is 0 Å². The Labute approximate surface area is 128 Å². The molecule has 0 aliphatic carbocycles. The van der Waals surface area contributed by atoms with Crippen LogP contribution in [0.25, 0.3) is 0 Å². The van der Waals surface area contributed by atoms with E-state index in [0.29, 0.717) is 0 Å². The molecule has 0 radical (unpaired) electrons. The molecule has 0 saturated carbocycles. The van der Waals surface area contributed by atoms with Crippen molar-refractivity contribution >= 4 is 17.2 Å². The van der Waals surface area contributed by atoms with Gasteiger partial charge < -0.3 is 4.90 Å². The molecule has 5 nitrogen and oxygen atoms in total. The summed E-state index contributed by atoms with van der Waals surface area (Å²) in [6, 6.07) is 5.89. The Bertz CT molecular complexity index is 559. The lowest BCUT2D eigenvalue weighted by atomic mass is 10.2. The molecular weight excluding hydrogens is 284 g/mol. The average molecular weight is 304 g/mol. The third kappa shape index (κ3) is 3.33. The molecule has 1 saturated heterocycles. The lowest BCUT2D eigenvalue weighted by molar-refractivity contribution is -0.136. The molecule has 21 heavy (non-hydrogen) atoms. The topological polar surface area (TPSA) is 41.4 Å². The third-order valence-corrected chi connectivity index (χ3v) is 4.78. The predicted octanol–water partition coefficient (Wildman–Crippen LogP) is 1.85. The molecule has 2 aromatic heterocycles. The molecule has 3 rings (SSSR count). The van der Waals surface area contributed by atoms with E-state index < -0.39 is 0 Å². The summed E-state index contributed by atoms with van der Waals surface area (Å²) in [6.07, 6.45) is 3.55. The van der Waals surface area contributed by atoms with E-state index in [1.807, 2.05) is 24.1 Å². The van der Waals surface area contributed by atoms with Crippen LogP contribution in [0.2, 0.25) is 0 Å². The van der Waals surface area contributed by atoms with Crippen LogP contribution in [-0.4, -0.2) is 51.7 Å². The van der Waals surface area contributed by atoms with Crippen LogP contribution in [0, 0.1) is 0 Å². The maximum absolute atomic E-state index is 12.5. The molecule has 1 amide bonds. The highest BCUT2D eigenvalue weighted by molar-refractivity contribution is 7.09. The second-order valence-corrected chi connectivity index (χ2v) is 6.38. The van der Waals surface area contributed by atoms with Crippen molar-refractivity contribution in [1.29, 1.82) is 0 Å². The van der Waals surface area contributed by atoms with E-state index in [1.54, 1.807) is 22.2 Å². The van der Waals surface area contributed by atoms with E-state index in [9.17, 15) is 4.79 Å². The van der Waals surface area contributed by atoms with Gasteiger partial charge in [0.2, 0.25) is 5.91 Å². The van der Waals surface area contributed by atoms with E-state index in [4.69, 9.17) is 0 Å². The van der Waals surface area contributed by atoms with Crippen LogP contribution < -0.4 is 0 Å². The Balaban J connectivity index is 1.52.